The molecule has 0 aliphatic carbocycles. The molecular formula is C22H15ClN2O2S. The second-order valence-electron chi connectivity index (χ2n) is 6.70. The molecule has 0 saturated heterocycles. The van der Waals surface area contributed by atoms with Gasteiger partial charge < -0.3 is 4.57 Å². The van der Waals surface area contributed by atoms with Crippen molar-refractivity contribution >= 4 is 44.7 Å². The molecule has 0 aromatic heterocycles. The van der Waals surface area contributed by atoms with Crippen molar-refractivity contribution in [2.75, 3.05) is 0 Å². The fourth-order valence-electron chi connectivity index (χ4n) is 3.67. The van der Waals surface area contributed by atoms with Crippen molar-refractivity contribution in [2.45, 2.75) is 4.90 Å². The van der Waals surface area contributed by atoms with Gasteiger partial charge in [0.25, 0.3) is 0 Å². The van der Waals surface area contributed by atoms with Gasteiger partial charge in [0, 0.05) is 16.0 Å². The largest absolute Gasteiger partial charge is 0.304 e. The Morgan fingerprint density at radius 3 is 2.36 bits per heavy atom. The molecule has 0 unspecified atom stereocenters. The zero-order chi connectivity index (χ0) is 19.5. The Morgan fingerprint density at radius 2 is 1.64 bits per heavy atom. The molecule has 0 radical (unpaired) electrons. The highest BCUT2D eigenvalue weighted by Crippen LogP contribution is 2.52. The van der Waals surface area contributed by atoms with Crippen LogP contribution < -0.4 is 5.14 Å². The van der Waals surface area contributed by atoms with Crippen molar-refractivity contribution in [2.24, 2.45) is 5.14 Å². The highest BCUT2D eigenvalue weighted by molar-refractivity contribution is 7.89. The number of hydrogen-bond acceptors (Lipinski definition) is 2. The molecule has 2 aliphatic rings. The Balaban J connectivity index is 1.65. The minimum Gasteiger partial charge on any atom is -0.304 e. The summed E-state index contributed by atoms with van der Waals surface area (Å²) in [6.07, 6.45) is 3.61. The number of nitrogens with zero attached hydrogens (tertiary/aromatic N) is 1. The van der Waals surface area contributed by atoms with Gasteiger partial charge >= 0.3 is 0 Å². The number of hydrogen-bond donors (Lipinski definition) is 1. The lowest BCUT2D eigenvalue weighted by atomic mass is 10.1. The standard InChI is InChI=1S/C22H15ClN2O2S/c23-16-12-9-14(10-13-16)8-11-15-4-3-6-18(22(15)28(24,26)27)21-20-17-5-1-2-7-19(17)25(20)21/h1-13H,(H2,24,26,27). The second kappa shape index (κ2) is 6.07. The molecule has 0 bridgehead atoms. The molecule has 0 saturated carbocycles. The molecule has 0 amide bonds. The average Bonchev–Trinajstić information content (AvgIpc) is 3.33. The van der Waals surface area contributed by atoms with Crippen LogP contribution in [0, 0.1) is 0 Å². The van der Waals surface area contributed by atoms with Crippen molar-refractivity contribution in [3.05, 3.63) is 82.9 Å². The van der Waals surface area contributed by atoms with Gasteiger partial charge in [-0.15, -0.1) is 0 Å². The summed E-state index contributed by atoms with van der Waals surface area (Å²) in [5, 5.41) is 7.40. The van der Waals surface area contributed by atoms with E-state index in [4.69, 9.17) is 16.7 Å². The maximum Gasteiger partial charge on any atom is 0.239 e. The molecule has 3 aromatic carbocycles. The van der Waals surface area contributed by atoms with Gasteiger partial charge in [-0.1, -0.05) is 72.3 Å². The number of para-hydroxylation sites is 1. The number of nitrogens with two attached hydrogens (primary N) is 1. The van der Waals surface area contributed by atoms with E-state index >= 15 is 0 Å². The molecule has 5 rings (SSSR count). The predicted molar refractivity (Wildman–Crippen MR) is 114 cm³/mol. The molecule has 28 heavy (non-hydrogen) atoms. The van der Waals surface area contributed by atoms with Gasteiger partial charge in [-0.25, -0.2) is 13.6 Å². The van der Waals surface area contributed by atoms with Gasteiger partial charge in [-0.05, 0) is 29.3 Å². The van der Waals surface area contributed by atoms with Crippen LogP contribution in [0.3, 0.4) is 0 Å². The SMILES string of the molecule is NS(=O)(=O)c1c(C=Cc2ccc(Cl)cc2)cccc1-c1c2c3ccccc3n1-2. The van der Waals surface area contributed by atoms with E-state index in [0.717, 1.165) is 27.8 Å². The van der Waals surface area contributed by atoms with Gasteiger partial charge in [0.15, 0.2) is 0 Å². The molecular weight excluding hydrogens is 392 g/mol. The van der Waals surface area contributed by atoms with E-state index in [9.17, 15) is 8.42 Å². The van der Waals surface area contributed by atoms with E-state index in [1.807, 2.05) is 48.5 Å². The molecule has 0 spiro atoms. The number of rotatable bonds is 4. The molecule has 0 atom stereocenters. The van der Waals surface area contributed by atoms with E-state index in [2.05, 4.69) is 4.57 Å². The smallest absolute Gasteiger partial charge is 0.239 e. The Bertz CT molecular complexity index is 1350. The summed E-state index contributed by atoms with van der Waals surface area (Å²) in [6.45, 7) is 0. The van der Waals surface area contributed by atoms with Crippen molar-refractivity contribution in [3.8, 4) is 16.9 Å². The topological polar surface area (TPSA) is 65.1 Å². The summed E-state index contributed by atoms with van der Waals surface area (Å²) < 4.78 is 27.0. The van der Waals surface area contributed by atoms with Gasteiger partial charge in [0.05, 0.1) is 21.8 Å². The molecule has 0 fully saturated rings. The van der Waals surface area contributed by atoms with E-state index < -0.39 is 10.0 Å². The molecule has 2 heterocycles. The summed E-state index contributed by atoms with van der Waals surface area (Å²) >= 11 is 5.92. The minimum atomic E-state index is -3.92. The molecule has 2 N–H and O–H groups in total. The molecule has 138 valence electrons. The van der Waals surface area contributed by atoms with Crippen molar-refractivity contribution in [3.63, 3.8) is 0 Å². The third kappa shape index (κ3) is 2.67. The van der Waals surface area contributed by atoms with Crippen LogP contribution >= 0.6 is 11.6 Å². The fourth-order valence-corrected chi connectivity index (χ4v) is 4.73. The van der Waals surface area contributed by atoms with Crippen LogP contribution in [0.1, 0.15) is 11.1 Å². The summed E-state index contributed by atoms with van der Waals surface area (Å²) in [6, 6.07) is 20.7. The lowest BCUT2D eigenvalue weighted by Gasteiger charge is -2.08. The van der Waals surface area contributed by atoms with Crippen LogP contribution in [0.25, 0.3) is 40.0 Å². The number of aromatic nitrogens is 1. The normalized spacial score (nSPS) is 12.8. The Morgan fingerprint density at radius 1 is 0.893 bits per heavy atom. The number of halogens is 1. The van der Waals surface area contributed by atoms with Crippen LogP contribution in [-0.4, -0.2) is 13.0 Å². The Hall–Kier alpha value is -2.86. The first-order chi connectivity index (χ1) is 13.4. The second-order valence-corrected chi connectivity index (χ2v) is 8.64. The number of benzene rings is 3. The van der Waals surface area contributed by atoms with Gasteiger partial charge in [-0.3, -0.25) is 0 Å². The highest BCUT2D eigenvalue weighted by atomic mass is 35.5. The molecule has 2 aliphatic heterocycles. The maximum atomic E-state index is 12.5. The number of fused-ring (bicyclic) bond motifs is 4. The van der Waals surface area contributed by atoms with Crippen LogP contribution in [0.2, 0.25) is 5.02 Å². The number of primary sulfonamides is 1. The van der Waals surface area contributed by atoms with Crippen LogP contribution in [-0.2, 0) is 10.0 Å². The third-order valence-corrected chi connectivity index (χ3v) is 6.21. The van der Waals surface area contributed by atoms with Gasteiger partial charge in [-0.2, -0.15) is 0 Å². The van der Waals surface area contributed by atoms with Gasteiger partial charge in [0.1, 0.15) is 0 Å². The first-order valence-corrected chi connectivity index (χ1v) is 10.6. The maximum absolute atomic E-state index is 12.5. The monoisotopic (exact) mass is 406 g/mol. The summed E-state index contributed by atoms with van der Waals surface area (Å²) in [4.78, 5) is 0.142. The summed E-state index contributed by atoms with van der Waals surface area (Å²) in [7, 11) is -3.92. The molecule has 6 heteroatoms. The van der Waals surface area contributed by atoms with E-state index in [0.29, 0.717) is 16.1 Å². The third-order valence-electron chi connectivity index (χ3n) is 4.93. The van der Waals surface area contributed by atoms with Crippen molar-refractivity contribution < 1.29 is 8.42 Å². The first-order valence-electron chi connectivity index (χ1n) is 8.69. The molecule has 3 aromatic rings. The predicted octanol–water partition coefficient (Wildman–Crippen LogP) is 5.08. The first kappa shape index (κ1) is 17.3. The lowest BCUT2D eigenvalue weighted by molar-refractivity contribution is 0.598. The van der Waals surface area contributed by atoms with Crippen LogP contribution in [0.5, 0.6) is 0 Å². The van der Waals surface area contributed by atoms with Crippen molar-refractivity contribution in [1.82, 2.24) is 4.57 Å². The van der Waals surface area contributed by atoms with E-state index in [-0.39, 0.29) is 4.90 Å². The lowest BCUT2D eigenvalue weighted by Crippen LogP contribution is -2.14. The van der Waals surface area contributed by atoms with E-state index in [1.54, 1.807) is 30.3 Å². The average molecular weight is 407 g/mol. The summed E-state index contributed by atoms with van der Waals surface area (Å²) in [5.74, 6) is 0. The highest BCUT2D eigenvalue weighted by Gasteiger charge is 2.36. The minimum absolute atomic E-state index is 0.142. The summed E-state index contributed by atoms with van der Waals surface area (Å²) in [5.41, 5.74) is 5.17. The van der Waals surface area contributed by atoms with Crippen LogP contribution in [0.4, 0.5) is 0 Å². The van der Waals surface area contributed by atoms with Crippen molar-refractivity contribution in [1.29, 1.82) is 0 Å². The Kier molecular flexibility index (Phi) is 3.74. The Labute approximate surface area is 167 Å². The van der Waals surface area contributed by atoms with Gasteiger partial charge in [0.2, 0.25) is 10.0 Å². The van der Waals surface area contributed by atoms with Crippen LogP contribution in [0.15, 0.2) is 71.6 Å². The fraction of sp³-hybridized carbons (Fsp3) is 0. The number of sulfonamides is 1. The quantitative estimate of drug-likeness (QED) is 0.423. The zero-order valence-corrected chi connectivity index (χ0v) is 16.2. The molecule has 4 nitrogen and oxygen atoms in total. The zero-order valence-electron chi connectivity index (χ0n) is 14.6. The van der Waals surface area contributed by atoms with E-state index in [1.165, 1.54) is 0 Å².